The van der Waals surface area contributed by atoms with E-state index in [-0.39, 0.29) is 101 Å². The Balaban J connectivity index is 1.87. The zero-order valence-corrected chi connectivity index (χ0v) is 64.0. The van der Waals surface area contributed by atoms with Crippen LogP contribution in [0.3, 0.4) is 0 Å². The second-order valence-electron chi connectivity index (χ2n) is 27.3. The lowest BCUT2D eigenvalue weighted by Crippen LogP contribution is -2.61. The van der Waals surface area contributed by atoms with Gasteiger partial charge in [0.05, 0.1) is 12.1 Å². The fraction of sp³-hybridized carbons (Fsp3) is 0.647. The molecule has 0 saturated carbocycles. The number of rotatable bonds is 51. The molecule has 0 radical (unpaired) electrons. The molecule has 1 saturated heterocycles. The number of nitrogens with two attached hydrogens (primary N) is 4. The maximum absolute atomic E-state index is 14.7. The molecule has 2 aromatic rings. The minimum Gasteiger partial charge on any atom is -0.481 e. The van der Waals surface area contributed by atoms with Crippen LogP contribution in [0.1, 0.15) is 143 Å². The Morgan fingerprint density at radius 2 is 0.917 bits per heavy atom. The van der Waals surface area contributed by atoms with Gasteiger partial charge in [0.1, 0.15) is 72.5 Å². The molecule has 24 N–H and O–H groups in total. The summed E-state index contributed by atoms with van der Waals surface area (Å²) in [5.41, 5.74) is 24.4. The molecule has 1 aliphatic rings. The highest BCUT2D eigenvalue weighted by atomic mass is 32.1. The van der Waals surface area contributed by atoms with Crippen molar-refractivity contribution in [2.45, 2.75) is 228 Å². The van der Waals surface area contributed by atoms with Crippen LogP contribution in [0, 0.1) is 11.8 Å². The number of aromatic nitrogens is 1. The Morgan fingerprint density at radius 3 is 1.40 bits per heavy atom. The number of aliphatic hydroxyl groups excluding tert-OH is 1. The van der Waals surface area contributed by atoms with E-state index in [0.29, 0.717) is 29.3 Å². The van der Waals surface area contributed by atoms with Gasteiger partial charge in [-0.2, -0.15) is 37.9 Å². The molecule has 13 amide bonds. The van der Waals surface area contributed by atoms with Gasteiger partial charge in [0.25, 0.3) is 0 Å². The first-order valence-electron chi connectivity index (χ1n) is 35.8. The van der Waals surface area contributed by atoms with Crippen molar-refractivity contribution in [1.82, 2.24) is 68.4 Å². The van der Waals surface area contributed by atoms with E-state index >= 15 is 0 Å². The van der Waals surface area contributed by atoms with E-state index in [9.17, 15) is 97.1 Å². The number of nitrogens with zero attached hydrogens (tertiary/aromatic N) is 1. The predicted octanol–water partition coefficient (Wildman–Crippen LogP) is -4.04. The summed E-state index contributed by atoms with van der Waals surface area (Å²) in [7, 11) is 0. The van der Waals surface area contributed by atoms with Crippen molar-refractivity contribution in [3.05, 3.63) is 36.0 Å². The molecular weight excluding hydrogens is 1470 g/mol. The Bertz CT molecular complexity index is 3420. The highest BCUT2D eigenvalue weighted by Gasteiger charge is 2.42. The van der Waals surface area contributed by atoms with Gasteiger partial charge >= 0.3 is 17.9 Å². The summed E-state index contributed by atoms with van der Waals surface area (Å²) in [4.78, 5) is 221. The lowest BCUT2D eigenvalue weighted by Gasteiger charge is -2.31. The number of carboxylic acids is 3. The monoisotopic (exact) mass is 1580 g/mol. The first kappa shape index (κ1) is 93.4. The first-order valence-corrected chi connectivity index (χ1v) is 37.7. The summed E-state index contributed by atoms with van der Waals surface area (Å²) in [5.74, 6) is -18.2. The molecule has 1 aliphatic heterocycles. The number of amides is 13. The van der Waals surface area contributed by atoms with E-state index in [1.54, 1.807) is 44.3 Å². The first-order chi connectivity index (χ1) is 51.0. The number of benzene rings is 1. The number of hydrogen-bond donors (Lipinski definition) is 23. The van der Waals surface area contributed by atoms with E-state index in [2.05, 4.69) is 101 Å². The van der Waals surface area contributed by atoms with Crippen LogP contribution in [0.2, 0.25) is 0 Å². The summed E-state index contributed by atoms with van der Waals surface area (Å²) in [6.45, 7) is 8.58. The summed E-state index contributed by atoms with van der Waals surface area (Å²) in [6, 6.07) is -12.3. The van der Waals surface area contributed by atoms with Crippen molar-refractivity contribution in [3.8, 4) is 0 Å². The number of H-pyrrole nitrogens is 1. The molecule has 1 aromatic carbocycles. The largest absolute Gasteiger partial charge is 0.481 e. The fourth-order valence-corrected chi connectivity index (χ4v) is 12.4. The van der Waals surface area contributed by atoms with Gasteiger partial charge in [-0.3, -0.25) is 71.9 Å². The van der Waals surface area contributed by atoms with Crippen molar-refractivity contribution >= 4 is 143 Å². The summed E-state index contributed by atoms with van der Waals surface area (Å²) < 4.78 is 0. The molecule has 40 heteroatoms. The third kappa shape index (κ3) is 31.8. The number of carbonyl (C=O) groups excluding carboxylic acids is 13. The number of primary amides is 1. The number of carboxylic acid groups (broad SMARTS) is 3. The third-order valence-corrected chi connectivity index (χ3v) is 18.6. The van der Waals surface area contributed by atoms with Gasteiger partial charge in [-0.05, 0) is 127 Å². The highest BCUT2D eigenvalue weighted by Crippen LogP contribution is 2.23. The van der Waals surface area contributed by atoms with Crippen LogP contribution in [0.15, 0.2) is 30.5 Å². The molecule has 0 unspecified atom stereocenters. The molecule has 0 bridgehead atoms. The van der Waals surface area contributed by atoms with Crippen molar-refractivity contribution in [3.63, 3.8) is 0 Å². The number of thiol groups is 3. The lowest BCUT2D eigenvalue weighted by molar-refractivity contribution is -0.142. The zero-order chi connectivity index (χ0) is 81.1. The molecule has 2 heterocycles. The molecule has 37 nitrogen and oxygen atoms in total. The Kier molecular flexibility index (Phi) is 41.4. The van der Waals surface area contributed by atoms with Crippen molar-refractivity contribution in [2.75, 3.05) is 36.9 Å². The molecule has 108 heavy (non-hydrogen) atoms. The Hall–Kier alpha value is -8.83. The highest BCUT2D eigenvalue weighted by molar-refractivity contribution is 7.80. The third-order valence-electron chi connectivity index (χ3n) is 17.5. The predicted molar refractivity (Wildman–Crippen MR) is 404 cm³/mol. The number of aliphatic carboxylic acids is 3. The SMILES string of the molecule is CC(C)C[C@H](NC(=O)[C@H](CS)NC(=O)[C@@H]1CCCN1C(=O)[C@H](CCCCN)NC(=O)[C@H](CS)NC(=O)[C@H](CCC(=O)O)NC(=O)[C@H](CCC(=O)O)NC(=O)[C@H](Cc1c[nH]c2ccccc12)NC(=O)[C@@H](N)CC(C)C)C(=O)N[C@@H](CCCCN)C(=O)N[C@@H](CCC(N)=O)C(=O)N[C@H](C(=O)N[C@@H](CS)C(=O)O)[C@@H](C)O. The van der Waals surface area contributed by atoms with E-state index < -0.39 is 224 Å². The number of para-hydroxylation sites is 1. The van der Waals surface area contributed by atoms with Crippen LogP contribution >= 0.6 is 37.9 Å². The fourth-order valence-electron chi connectivity index (χ4n) is 11.6. The molecule has 3 rings (SSSR count). The zero-order valence-electron chi connectivity index (χ0n) is 61.3. The number of aromatic amines is 1. The van der Waals surface area contributed by atoms with Crippen LogP contribution in [-0.2, 0) is 83.1 Å². The normalized spacial score (nSPS) is 16.4. The molecule has 0 aliphatic carbocycles. The second-order valence-corrected chi connectivity index (χ2v) is 28.4. The molecule has 1 fully saturated rings. The molecule has 0 spiro atoms. The van der Waals surface area contributed by atoms with Crippen LogP contribution in [-0.4, -0.2) is 247 Å². The summed E-state index contributed by atoms with van der Waals surface area (Å²) >= 11 is 12.5. The van der Waals surface area contributed by atoms with Gasteiger partial charge in [0.2, 0.25) is 76.8 Å². The summed E-state index contributed by atoms with van der Waals surface area (Å²) in [6.07, 6.45) is -2.05. The number of nitrogens with one attached hydrogen (secondary N) is 12. The van der Waals surface area contributed by atoms with Crippen LogP contribution < -0.4 is 81.4 Å². The minimum atomic E-state index is -1.78. The number of aliphatic hydroxyl groups is 1. The van der Waals surface area contributed by atoms with Gasteiger partial charge in [-0.25, -0.2) is 4.79 Å². The average Bonchev–Trinajstić information content (AvgIpc) is 1.67. The van der Waals surface area contributed by atoms with Gasteiger partial charge in [-0.1, -0.05) is 45.9 Å². The average molecular weight is 1580 g/mol. The van der Waals surface area contributed by atoms with Gasteiger partial charge in [0.15, 0.2) is 0 Å². The molecule has 14 atom stereocenters. The number of hydrogen-bond acceptors (Lipinski definition) is 23. The topological polar surface area (TPSA) is 609 Å². The Labute approximate surface area is 642 Å². The van der Waals surface area contributed by atoms with Crippen molar-refractivity contribution in [1.29, 1.82) is 0 Å². The van der Waals surface area contributed by atoms with E-state index in [0.717, 1.165) is 6.92 Å². The van der Waals surface area contributed by atoms with Crippen molar-refractivity contribution in [2.24, 2.45) is 34.8 Å². The van der Waals surface area contributed by atoms with Crippen LogP contribution in [0.4, 0.5) is 0 Å². The van der Waals surface area contributed by atoms with Gasteiger partial charge < -0.3 is 112 Å². The molecule has 1 aromatic heterocycles. The maximum Gasteiger partial charge on any atom is 0.327 e. The van der Waals surface area contributed by atoms with Crippen LogP contribution in [0.5, 0.6) is 0 Å². The quantitative estimate of drug-likeness (QED) is 0.0221. The number of likely N-dealkylation sites (tertiary alicyclic amines) is 1. The van der Waals surface area contributed by atoms with E-state index in [1.165, 1.54) is 4.90 Å². The molecule has 604 valence electrons. The number of unbranched alkanes of at least 4 members (excludes halogenated alkanes) is 2. The smallest absolute Gasteiger partial charge is 0.327 e. The second kappa shape index (κ2) is 47.9. The Morgan fingerprint density at radius 1 is 0.500 bits per heavy atom. The molecular formula is C68H109N17O20S3. The lowest BCUT2D eigenvalue weighted by atomic mass is 10.0. The maximum atomic E-state index is 14.7. The van der Waals surface area contributed by atoms with Gasteiger partial charge in [0, 0.05) is 66.6 Å². The van der Waals surface area contributed by atoms with Crippen molar-refractivity contribution < 1.29 is 97.1 Å². The standard InChI is InChI=1S/C68H109N17O20S3/c1-34(2)27-39(71)56(92)79-47(29-37-30-73-40-14-7-6-13-38(37)40)62(98)77-43(19-22-53(88)89)58(94)76-44(20-23-54(90)91)59(95)81-48(31-106)63(99)78-45(16-9-11-25-70)67(103)85-26-12-17-51(85)65(101)82-49(32-107)64(100)80-46(28-35(3)4)61(97)74-41(15-8-10-24-69)57(93)75-42(18-21-52(72)87)60(96)84-55(36(5)86)66(102)83-50(33-108)68(104)105/h6-7,13-14,30,34-36,39,41-51,55,73,86,106-108H,8-12,15-29,31-33,69-71H2,1-5H3,(H2,72,87)(H,74,97)(H,75,93)(H,76,94)(H,77,98)(H,78,99)(H,79,92)(H,80,100)(H,81,95)(H,82,101)(H,83,102)(H,84,96)(H,88,89)(H,90,91)(H,104,105)/t36-,39+,41+,42+,43+,44+,45+,46+,47+,48+,49+,50+,51+,55+/m1/s1. The number of fused-ring (bicyclic) bond motifs is 1. The van der Waals surface area contributed by atoms with Gasteiger partial charge in [-0.15, -0.1) is 0 Å². The summed E-state index contributed by atoms with van der Waals surface area (Å²) in [5, 5.41) is 67.3. The van der Waals surface area contributed by atoms with Crippen LogP contribution in [0.25, 0.3) is 10.9 Å². The minimum absolute atomic E-state index is 0.0139. The van der Waals surface area contributed by atoms with E-state index in [1.807, 2.05) is 13.8 Å². The van der Waals surface area contributed by atoms with E-state index in [4.69, 9.17) is 22.9 Å². The number of carbonyl (C=O) groups is 16.